The molecule has 0 saturated heterocycles. The van der Waals surface area contributed by atoms with Crippen molar-refractivity contribution in [2.75, 3.05) is 5.73 Å². The average Bonchev–Trinajstić information content (AvgIpc) is 2.80. The Morgan fingerprint density at radius 2 is 2.21 bits per heavy atom. The molecule has 19 heavy (non-hydrogen) atoms. The van der Waals surface area contributed by atoms with Gasteiger partial charge in [0.05, 0.1) is 11.0 Å². The van der Waals surface area contributed by atoms with E-state index in [1.54, 1.807) is 4.68 Å². The fraction of sp³-hybridized carbons (Fsp3) is 0.308. The van der Waals surface area contributed by atoms with Gasteiger partial charge in [-0.15, -0.1) is 0 Å². The molecule has 0 amide bonds. The predicted molar refractivity (Wildman–Crippen MR) is 70.8 cm³/mol. The number of anilines is 1. The van der Waals surface area contributed by atoms with Crippen LogP contribution >= 0.6 is 0 Å². The molecule has 1 atom stereocenters. The summed E-state index contributed by atoms with van der Waals surface area (Å²) in [7, 11) is 0. The van der Waals surface area contributed by atoms with Crippen LogP contribution in [0.2, 0.25) is 0 Å². The summed E-state index contributed by atoms with van der Waals surface area (Å²) in [4.78, 5) is 10.3. The maximum atomic E-state index is 10.8. The number of hydrogen-bond acceptors (Lipinski definition) is 4. The van der Waals surface area contributed by atoms with Crippen molar-refractivity contribution in [3.63, 3.8) is 0 Å². The van der Waals surface area contributed by atoms with Crippen LogP contribution in [0, 0.1) is 10.1 Å². The number of aryl methyl sites for hydroxylation is 1. The molecule has 1 heterocycles. The number of hydrogen-bond donors (Lipinski definition) is 1. The third-order valence-corrected chi connectivity index (χ3v) is 3.64. The second-order valence-corrected chi connectivity index (χ2v) is 4.72. The molecular weight excluding hydrogens is 244 g/mol. The first-order chi connectivity index (χ1) is 9.18. The van der Waals surface area contributed by atoms with E-state index in [9.17, 15) is 10.1 Å². The van der Waals surface area contributed by atoms with Crippen LogP contribution in [0.1, 0.15) is 30.0 Å². The summed E-state index contributed by atoms with van der Waals surface area (Å²) in [6.45, 7) is 0. The fourth-order valence-electron chi connectivity index (χ4n) is 2.73. The molecule has 0 radical (unpaired) electrons. The van der Waals surface area contributed by atoms with Gasteiger partial charge in [-0.3, -0.25) is 10.1 Å². The molecule has 0 saturated carbocycles. The highest BCUT2D eigenvalue weighted by Gasteiger charge is 2.27. The van der Waals surface area contributed by atoms with Gasteiger partial charge < -0.3 is 5.73 Å². The molecule has 2 aromatic rings. The van der Waals surface area contributed by atoms with Gasteiger partial charge >= 0.3 is 5.69 Å². The SMILES string of the molecule is Nc1c([N+](=O)[O-])cnn1C1CCCc2ccccc21. The van der Waals surface area contributed by atoms with Gasteiger partial charge in [-0.05, 0) is 30.4 Å². The van der Waals surface area contributed by atoms with E-state index in [1.807, 2.05) is 18.2 Å². The first-order valence-corrected chi connectivity index (χ1v) is 6.23. The zero-order valence-electron chi connectivity index (χ0n) is 10.3. The third-order valence-electron chi connectivity index (χ3n) is 3.64. The molecule has 3 rings (SSSR count). The van der Waals surface area contributed by atoms with Crippen LogP contribution in [-0.2, 0) is 6.42 Å². The van der Waals surface area contributed by atoms with Crippen molar-refractivity contribution in [2.24, 2.45) is 0 Å². The van der Waals surface area contributed by atoms with Crippen LogP contribution < -0.4 is 5.73 Å². The van der Waals surface area contributed by atoms with Gasteiger partial charge in [0.1, 0.15) is 6.20 Å². The number of nitrogens with two attached hydrogens (primary N) is 1. The average molecular weight is 258 g/mol. The zero-order valence-corrected chi connectivity index (χ0v) is 10.3. The predicted octanol–water partition coefficient (Wildman–Crippen LogP) is 2.30. The van der Waals surface area contributed by atoms with E-state index < -0.39 is 4.92 Å². The Hall–Kier alpha value is -2.37. The van der Waals surface area contributed by atoms with Gasteiger partial charge in [0.2, 0.25) is 5.82 Å². The summed E-state index contributed by atoms with van der Waals surface area (Å²) in [5.74, 6) is 0.131. The van der Waals surface area contributed by atoms with Crippen LogP contribution in [0.15, 0.2) is 30.5 Å². The topological polar surface area (TPSA) is 87.0 Å². The Morgan fingerprint density at radius 1 is 1.42 bits per heavy atom. The lowest BCUT2D eigenvalue weighted by atomic mass is 9.88. The standard InChI is InChI=1S/C13H14N4O2/c14-13-12(17(18)19)8-15-16(13)11-7-3-5-9-4-1-2-6-10(9)11/h1-2,4,6,8,11H,3,5,7,14H2. The second kappa shape index (κ2) is 4.38. The summed E-state index contributed by atoms with van der Waals surface area (Å²) in [6.07, 6.45) is 4.21. The number of fused-ring (bicyclic) bond motifs is 1. The minimum atomic E-state index is -0.492. The summed E-state index contributed by atoms with van der Waals surface area (Å²) in [5.41, 5.74) is 8.17. The first kappa shape index (κ1) is 11.7. The van der Waals surface area contributed by atoms with E-state index in [1.165, 1.54) is 17.3 Å². The molecule has 1 aromatic carbocycles. The number of nitro groups is 1. The smallest absolute Gasteiger partial charge is 0.330 e. The van der Waals surface area contributed by atoms with Crippen LogP contribution in [0.3, 0.4) is 0 Å². The van der Waals surface area contributed by atoms with Gasteiger partial charge in [0, 0.05) is 0 Å². The second-order valence-electron chi connectivity index (χ2n) is 4.72. The molecule has 1 unspecified atom stereocenters. The summed E-state index contributed by atoms with van der Waals surface area (Å²) in [5, 5.41) is 14.9. The fourth-order valence-corrected chi connectivity index (χ4v) is 2.73. The van der Waals surface area contributed by atoms with Crippen LogP contribution in [0.4, 0.5) is 11.5 Å². The van der Waals surface area contributed by atoms with Crippen molar-refractivity contribution in [3.05, 3.63) is 51.7 Å². The molecule has 6 heteroatoms. The lowest BCUT2D eigenvalue weighted by Gasteiger charge is -2.26. The number of benzene rings is 1. The van der Waals surface area contributed by atoms with Crippen molar-refractivity contribution in [3.8, 4) is 0 Å². The highest BCUT2D eigenvalue weighted by Crippen LogP contribution is 2.35. The normalized spacial score (nSPS) is 18.0. The van der Waals surface area contributed by atoms with Gasteiger partial charge in [-0.1, -0.05) is 24.3 Å². The largest absolute Gasteiger partial charge is 0.378 e. The molecular formula is C13H14N4O2. The van der Waals surface area contributed by atoms with E-state index in [-0.39, 0.29) is 17.5 Å². The molecule has 2 N–H and O–H groups in total. The van der Waals surface area contributed by atoms with Crippen LogP contribution in [0.25, 0.3) is 0 Å². The van der Waals surface area contributed by atoms with Crippen molar-refractivity contribution >= 4 is 11.5 Å². The van der Waals surface area contributed by atoms with Crippen molar-refractivity contribution in [2.45, 2.75) is 25.3 Å². The minimum absolute atomic E-state index is 0.00125. The molecule has 0 fully saturated rings. The van der Waals surface area contributed by atoms with E-state index >= 15 is 0 Å². The van der Waals surface area contributed by atoms with Gasteiger partial charge in [-0.2, -0.15) is 5.10 Å². The lowest BCUT2D eigenvalue weighted by Crippen LogP contribution is -2.19. The molecule has 0 spiro atoms. The van der Waals surface area contributed by atoms with Crippen LogP contribution in [-0.4, -0.2) is 14.7 Å². The third kappa shape index (κ3) is 1.85. The number of aromatic nitrogens is 2. The first-order valence-electron chi connectivity index (χ1n) is 6.23. The lowest BCUT2D eigenvalue weighted by molar-refractivity contribution is -0.384. The summed E-state index contributed by atoms with van der Waals surface area (Å²) in [6, 6.07) is 8.13. The Balaban J connectivity index is 2.07. The van der Waals surface area contributed by atoms with Crippen molar-refractivity contribution in [1.82, 2.24) is 9.78 Å². The van der Waals surface area contributed by atoms with Crippen molar-refractivity contribution < 1.29 is 4.92 Å². The van der Waals surface area contributed by atoms with E-state index in [0.717, 1.165) is 19.3 Å². The molecule has 1 aromatic heterocycles. The van der Waals surface area contributed by atoms with Gasteiger partial charge in [0.25, 0.3) is 0 Å². The van der Waals surface area contributed by atoms with Crippen molar-refractivity contribution in [1.29, 1.82) is 0 Å². The molecule has 1 aliphatic rings. The molecule has 1 aliphatic carbocycles. The number of rotatable bonds is 2. The highest BCUT2D eigenvalue weighted by molar-refractivity contribution is 5.52. The Labute approximate surface area is 110 Å². The maximum Gasteiger partial charge on any atom is 0.330 e. The van der Waals surface area contributed by atoms with Gasteiger partial charge in [-0.25, -0.2) is 4.68 Å². The highest BCUT2D eigenvalue weighted by atomic mass is 16.6. The minimum Gasteiger partial charge on any atom is -0.378 e. The monoisotopic (exact) mass is 258 g/mol. The summed E-state index contributed by atoms with van der Waals surface area (Å²) >= 11 is 0. The molecule has 6 nitrogen and oxygen atoms in total. The van der Waals surface area contributed by atoms with Crippen LogP contribution in [0.5, 0.6) is 0 Å². The zero-order chi connectivity index (χ0) is 13.4. The Kier molecular flexibility index (Phi) is 2.70. The van der Waals surface area contributed by atoms with E-state index in [0.29, 0.717) is 0 Å². The Morgan fingerprint density at radius 3 is 2.95 bits per heavy atom. The van der Waals surface area contributed by atoms with E-state index in [4.69, 9.17) is 5.73 Å². The number of nitrogens with zero attached hydrogens (tertiary/aromatic N) is 3. The van der Waals surface area contributed by atoms with Gasteiger partial charge in [0.15, 0.2) is 0 Å². The maximum absolute atomic E-state index is 10.8. The summed E-state index contributed by atoms with van der Waals surface area (Å²) < 4.78 is 1.58. The quantitative estimate of drug-likeness (QED) is 0.661. The Bertz CT molecular complexity index is 635. The molecule has 0 aliphatic heterocycles. The molecule has 0 bridgehead atoms. The van der Waals surface area contributed by atoms with E-state index in [2.05, 4.69) is 11.2 Å². The molecule has 98 valence electrons. The number of nitrogen functional groups attached to an aromatic ring is 1.